The van der Waals surface area contributed by atoms with Crippen LogP contribution >= 0.6 is 0 Å². The molecule has 0 spiro atoms. The summed E-state index contributed by atoms with van der Waals surface area (Å²) in [5.74, 6) is 0.392. The predicted molar refractivity (Wildman–Crippen MR) is 120 cm³/mol. The third kappa shape index (κ3) is 7.32. The molecule has 1 fully saturated rings. The van der Waals surface area contributed by atoms with E-state index < -0.39 is 35.7 Å². The second-order valence-electron chi connectivity index (χ2n) is 9.84. The standard InChI is InChI=1S/C26H32F7NO/c1-15-13-34-14-19(15)6-9-24(16(2)18-4-7-23(27)8-5-18)35-17(3)20-10-21(25(28,29)30)12-22(11-20)26(31,32)33/h4,7-8,10-12,15-19,24,34H,5-6,9,13-14H2,1-3H3/t15-,16-,17-,18?,19+,24+/m0/s1. The maximum atomic E-state index is 13.5. The van der Waals surface area contributed by atoms with Crippen molar-refractivity contribution in [1.82, 2.24) is 5.32 Å². The van der Waals surface area contributed by atoms with Crippen molar-refractivity contribution >= 4 is 0 Å². The fraction of sp³-hybridized carbons (Fsp3) is 0.615. The van der Waals surface area contributed by atoms with Crippen molar-refractivity contribution in [2.45, 2.75) is 64.6 Å². The highest BCUT2D eigenvalue weighted by molar-refractivity contribution is 5.34. The number of rotatable bonds is 8. The Labute approximate surface area is 201 Å². The van der Waals surface area contributed by atoms with Gasteiger partial charge in [-0.3, -0.25) is 0 Å². The Bertz CT molecular complexity index is 889. The van der Waals surface area contributed by atoms with Crippen LogP contribution in [0.25, 0.3) is 0 Å². The summed E-state index contributed by atoms with van der Waals surface area (Å²) in [6.07, 6.45) is -4.77. The zero-order valence-corrected chi connectivity index (χ0v) is 20.0. The summed E-state index contributed by atoms with van der Waals surface area (Å²) in [5.41, 5.74) is -2.89. The Morgan fingerprint density at radius 1 is 1.00 bits per heavy atom. The molecule has 6 atom stereocenters. The number of hydrogen-bond acceptors (Lipinski definition) is 2. The molecule has 35 heavy (non-hydrogen) atoms. The SMILES string of the molecule is C[C@H](O[C@H](CC[C@@H]1CNC[C@@H]1C)[C@@H](C)C1C=CC(F)=CC1)c1cc(C(F)(F)F)cc(C(F)(F)F)c1. The summed E-state index contributed by atoms with van der Waals surface area (Å²) in [5, 5.41) is 3.34. The minimum absolute atomic E-state index is 0.0435. The molecule has 3 rings (SSSR count). The van der Waals surface area contributed by atoms with Crippen LogP contribution < -0.4 is 5.32 Å². The quantitative estimate of drug-likeness (QED) is 0.362. The van der Waals surface area contributed by atoms with Crippen molar-refractivity contribution in [2.24, 2.45) is 23.7 Å². The van der Waals surface area contributed by atoms with Crippen LogP contribution in [0.15, 0.2) is 42.3 Å². The number of ether oxygens (including phenoxy) is 1. The second-order valence-corrected chi connectivity index (χ2v) is 9.84. The minimum Gasteiger partial charge on any atom is -0.370 e. The van der Waals surface area contributed by atoms with E-state index in [0.29, 0.717) is 24.7 Å². The Hall–Kier alpha value is -1.87. The topological polar surface area (TPSA) is 21.3 Å². The molecule has 196 valence electrons. The zero-order chi connectivity index (χ0) is 26.0. The van der Waals surface area contributed by atoms with Crippen molar-refractivity contribution in [1.29, 1.82) is 0 Å². The van der Waals surface area contributed by atoms with Gasteiger partial charge < -0.3 is 10.1 Å². The van der Waals surface area contributed by atoms with E-state index in [0.717, 1.165) is 31.6 Å². The Morgan fingerprint density at radius 2 is 1.63 bits per heavy atom. The van der Waals surface area contributed by atoms with Crippen LogP contribution in [-0.4, -0.2) is 19.2 Å². The molecule has 0 radical (unpaired) electrons. The van der Waals surface area contributed by atoms with Crippen LogP contribution in [0.2, 0.25) is 0 Å². The Balaban J connectivity index is 1.84. The van der Waals surface area contributed by atoms with Gasteiger partial charge >= 0.3 is 12.4 Å². The lowest BCUT2D eigenvalue weighted by atomic mass is 9.81. The smallest absolute Gasteiger partial charge is 0.370 e. The first-order valence-electron chi connectivity index (χ1n) is 11.9. The van der Waals surface area contributed by atoms with E-state index in [1.165, 1.54) is 19.1 Å². The van der Waals surface area contributed by atoms with E-state index in [-0.39, 0.29) is 29.3 Å². The summed E-state index contributed by atoms with van der Waals surface area (Å²) in [6.45, 7) is 7.32. The third-order valence-corrected chi connectivity index (χ3v) is 7.31. The lowest BCUT2D eigenvalue weighted by Crippen LogP contribution is -2.30. The van der Waals surface area contributed by atoms with Gasteiger partial charge in [0.1, 0.15) is 5.83 Å². The van der Waals surface area contributed by atoms with Crippen LogP contribution in [0.3, 0.4) is 0 Å². The average Bonchev–Trinajstić information content (AvgIpc) is 3.19. The minimum atomic E-state index is -4.92. The van der Waals surface area contributed by atoms with Crippen molar-refractivity contribution in [2.75, 3.05) is 13.1 Å². The summed E-state index contributed by atoms with van der Waals surface area (Å²) in [6, 6.07) is 1.57. The highest BCUT2D eigenvalue weighted by Gasteiger charge is 2.38. The van der Waals surface area contributed by atoms with Gasteiger partial charge in [0.05, 0.1) is 23.3 Å². The Morgan fingerprint density at radius 3 is 2.11 bits per heavy atom. The first-order chi connectivity index (χ1) is 16.3. The summed E-state index contributed by atoms with van der Waals surface area (Å²) in [7, 11) is 0. The molecule has 9 heteroatoms. The first-order valence-corrected chi connectivity index (χ1v) is 11.9. The largest absolute Gasteiger partial charge is 0.416 e. The molecule has 0 aromatic heterocycles. The number of nitrogens with one attached hydrogen (secondary N) is 1. The van der Waals surface area contributed by atoms with Gasteiger partial charge in [-0.1, -0.05) is 19.9 Å². The number of benzene rings is 1. The van der Waals surface area contributed by atoms with E-state index in [2.05, 4.69) is 12.2 Å². The number of alkyl halides is 6. The van der Waals surface area contributed by atoms with Crippen LogP contribution in [0, 0.1) is 23.7 Å². The number of halogens is 7. The molecule has 0 saturated carbocycles. The first kappa shape index (κ1) is 27.7. The van der Waals surface area contributed by atoms with Crippen LogP contribution in [0.5, 0.6) is 0 Å². The molecular weight excluding hydrogens is 475 g/mol. The highest BCUT2D eigenvalue weighted by atomic mass is 19.4. The predicted octanol–water partition coefficient (Wildman–Crippen LogP) is 7.87. The summed E-state index contributed by atoms with van der Waals surface area (Å²) < 4.78 is 99.7. The molecule has 0 amide bonds. The van der Waals surface area contributed by atoms with Crippen molar-refractivity contribution in [3.05, 3.63) is 58.9 Å². The van der Waals surface area contributed by atoms with Crippen molar-refractivity contribution in [3.8, 4) is 0 Å². The maximum Gasteiger partial charge on any atom is 0.416 e. The third-order valence-electron chi connectivity index (χ3n) is 7.31. The molecular formula is C26H32F7NO. The van der Waals surface area contributed by atoms with Crippen molar-refractivity contribution < 1.29 is 35.5 Å². The summed E-state index contributed by atoms with van der Waals surface area (Å²) >= 11 is 0. The van der Waals surface area contributed by atoms with E-state index in [1.54, 1.807) is 6.08 Å². The van der Waals surface area contributed by atoms with Gasteiger partial charge in [-0.2, -0.15) is 26.3 Å². The van der Waals surface area contributed by atoms with Crippen molar-refractivity contribution in [3.63, 3.8) is 0 Å². The lowest BCUT2D eigenvalue weighted by Gasteiger charge is -2.33. The molecule has 1 aromatic rings. The van der Waals surface area contributed by atoms with Gasteiger partial charge in [0, 0.05) is 0 Å². The molecule has 1 N–H and O–H groups in total. The second kappa shape index (κ2) is 11.0. The fourth-order valence-electron chi connectivity index (χ4n) is 4.91. The molecule has 1 aromatic carbocycles. The monoisotopic (exact) mass is 507 g/mol. The fourth-order valence-corrected chi connectivity index (χ4v) is 4.91. The molecule has 2 aliphatic rings. The van der Waals surface area contributed by atoms with Crippen LogP contribution in [0.4, 0.5) is 30.7 Å². The van der Waals surface area contributed by atoms with Gasteiger partial charge in [0.25, 0.3) is 0 Å². The molecule has 2 nitrogen and oxygen atoms in total. The van der Waals surface area contributed by atoms with Crippen LogP contribution in [0.1, 0.15) is 62.8 Å². The number of hydrogen-bond donors (Lipinski definition) is 1. The summed E-state index contributed by atoms with van der Waals surface area (Å²) in [4.78, 5) is 0. The van der Waals surface area contributed by atoms with Gasteiger partial charge in [-0.15, -0.1) is 0 Å². The van der Waals surface area contributed by atoms with E-state index in [1.807, 2.05) is 6.92 Å². The van der Waals surface area contributed by atoms with Gasteiger partial charge in [-0.05, 0) is 98.9 Å². The number of allylic oxidation sites excluding steroid dienone is 4. The zero-order valence-electron chi connectivity index (χ0n) is 20.0. The van der Waals surface area contributed by atoms with Gasteiger partial charge in [-0.25, -0.2) is 4.39 Å². The average molecular weight is 508 g/mol. The Kier molecular flexibility index (Phi) is 8.73. The molecule has 1 unspecified atom stereocenters. The molecule has 1 aliphatic heterocycles. The van der Waals surface area contributed by atoms with Gasteiger partial charge in [0.15, 0.2) is 0 Å². The molecule has 1 heterocycles. The van der Waals surface area contributed by atoms with Crippen LogP contribution in [-0.2, 0) is 17.1 Å². The van der Waals surface area contributed by atoms with E-state index >= 15 is 0 Å². The van der Waals surface area contributed by atoms with E-state index in [4.69, 9.17) is 4.74 Å². The molecule has 1 aliphatic carbocycles. The molecule has 1 saturated heterocycles. The molecule has 0 bridgehead atoms. The van der Waals surface area contributed by atoms with Gasteiger partial charge in [0.2, 0.25) is 0 Å². The highest BCUT2D eigenvalue weighted by Crippen LogP contribution is 2.39. The maximum absolute atomic E-state index is 13.5. The normalized spacial score (nSPS) is 25.9. The van der Waals surface area contributed by atoms with E-state index in [9.17, 15) is 30.7 Å². The lowest BCUT2D eigenvalue weighted by molar-refractivity contribution is -0.143.